The van der Waals surface area contributed by atoms with Gasteiger partial charge >= 0.3 is 0 Å². The summed E-state index contributed by atoms with van der Waals surface area (Å²) >= 11 is 0. The highest BCUT2D eigenvalue weighted by Crippen LogP contribution is 2.43. The summed E-state index contributed by atoms with van der Waals surface area (Å²) in [5.41, 5.74) is 16.8. The van der Waals surface area contributed by atoms with E-state index in [-0.39, 0.29) is 0 Å². The molecule has 0 saturated carbocycles. The van der Waals surface area contributed by atoms with E-state index in [9.17, 15) is 0 Å². The van der Waals surface area contributed by atoms with Gasteiger partial charge in [-0.1, -0.05) is 164 Å². The smallest absolute Gasteiger partial charge is 0.162 e. The predicted molar refractivity (Wildman–Crippen MR) is 287 cm³/mol. The van der Waals surface area contributed by atoms with Crippen LogP contribution in [0.5, 0.6) is 0 Å². The van der Waals surface area contributed by atoms with Crippen LogP contribution in [-0.2, 0) is 0 Å². The van der Waals surface area contributed by atoms with Gasteiger partial charge in [-0.05, 0) is 95.6 Å². The van der Waals surface area contributed by atoms with Crippen molar-refractivity contribution in [2.45, 2.75) is 0 Å². The number of furan rings is 2. The minimum atomic E-state index is 0.686. The molecule has 0 unspecified atom stereocenters. The molecular weight excluding hydrogens is 857 g/mol. The van der Waals surface area contributed by atoms with Crippen LogP contribution in [0, 0.1) is 0 Å². The number of fused-ring (bicyclic) bond motifs is 9. The third kappa shape index (κ3) is 6.49. The maximum Gasteiger partial charge on any atom is 0.162 e. The molecule has 14 rings (SSSR count). The average molecular weight is 897 g/mol. The number of aromatic nitrogens is 3. The second-order valence-corrected chi connectivity index (χ2v) is 17.7. The number of benzene rings is 10. The zero-order valence-electron chi connectivity index (χ0n) is 37.7. The second-order valence-electron chi connectivity index (χ2n) is 17.7. The van der Waals surface area contributed by atoms with Gasteiger partial charge in [0.05, 0.1) is 16.6 Å². The molecule has 0 N–H and O–H groups in total. The molecule has 4 heterocycles. The Morgan fingerprint density at radius 1 is 0.357 bits per heavy atom. The average Bonchev–Trinajstić information content (AvgIpc) is 4.11. The molecule has 0 fully saturated rings. The van der Waals surface area contributed by atoms with Gasteiger partial charge in [0, 0.05) is 66.4 Å². The van der Waals surface area contributed by atoms with Crippen LogP contribution in [0.3, 0.4) is 0 Å². The molecule has 0 radical (unpaired) electrons. The number of nitrogens with zero attached hydrogens (tertiary/aromatic N) is 4. The molecule has 6 nitrogen and oxygen atoms in total. The van der Waals surface area contributed by atoms with Gasteiger partial charge in [0.2, 0.25) is 0 Å². The zero-order chi connectivity index (χ0) is 46.1. The van der Waals surface area contributed by atoms with E-state index >= 15 is 0 Å². The van der Waals surface area contributed by atoms with Crippen LogP contribution in [-0.4, -0.2) is 14.5 Å². The number of anilines is 3. The SMILES string of the molecule is c1ccc(-c2nc(-c3ccccc3)c3c4cc(-c5ccc(N(c6ccc(-c7cccc8c7oc7ccccc78)cc6)c6ccc7oc8ccccc8c7c6)cc5)ccc4n(-c4ccccc4)c3n2)cc1. The highest BCUT2D eigenvalue weighted by Gasteiger charge is 2.23. The molecule has 6 heteroatoms. The molecule has 4 aromatic heterocycles. The van der Waals surface area contributed by atoms with Crippen LogP contribution in [0.15, 0.2) is 251 Å². The van der Waals surface area contributed by atoms with Gasteiger partial charge in [-0.25, -0.2) is 9.97 Å². The maximum atomic E-state index is 6.46. The summed E-state index contributed by atoms with van der Waals surface area (Å²) in [6.07, 6.45) is 0. The van der Waals surface area contributed by atoms with Crippen LogP contribution in [0.4, 0.5) is 17.1 Å². The monoisotopic (exact) mass is 896 g/mol. The number of rotatable bonds is 8. The predicted octanol–water partition coefficient (Wildman–Crippen LogP) is 17.5. The van der Waals surface area contributed by atoms with Crippen molar-refractivity contribution >= 4 is 82.9 Å². The lowest BCUT2D eigenvalue weighted by molar-refractivity contribution is 0.669. The van der Waals surface area contributed by atoms with Crippen molar-refractivity contribution in [1.29, 1.82) is 0 Å². The van der Waals surface area contributed by atoms with Crippen molar-refractivity contribution in [3.63, 3.8) is 0 Å². The van der Waals surface area contributed by atoms with Crippen molar-refractivity contribution in [3.05, 3.63) is 243 Å². The lowest BCUT2D eigenvalue weighted by atomic mass is 10.00. The highest BCUT2D eigenvalue weighted by molar-refractivity contribution is 6.15. The van der Waals surface area contributed by atoms with Gasteiger partial charge in [-0.3, -0.25) is 4.57 Å². The summed E-state index contributed by atoms with van der Waals surface area (Å²) < 4.78 is 15.0. The topological polar surface area (TPSA) is 60.2 Å². The molecule has 14 aromatic rings. The van der Waals surface area contributed by atoms with Crippen molar-refractivity contribution in [1.82, 2.24) is 14.5 Å². The molecule has 0 saturated heterocycles. The van der Waals surface area contributed by atoms with E-state index in [1.165, 1.54) is 0 Å². The maximum absolute atomic E-state index is 6.46. The second kappa shape index (κ2) is 16.1. The van der Waals surface area contributed by atoms with Gasteiger partial charge in [-0.2, -0.15) is 0 Å². The summed E-state index contributed by atoms with van der Waals surface area (Å²) in [5, 5.41) is 6.49. The van der Waals surface area contributed by atoms with Crippen LogP contribution in [0.1, 0.15) is 0 Å². The molecule has 10 aromatic carbocycles. The number of hydrogen-bond donors (Lipinski definition) is 0. The van der Waals surface area contributed by atoms with Gasteiger partial charge in [0.15, 0.2) is 5.82 Å². The summed E-state index contributed by atoms with van der Waals surface area (Å²) in [6.45, 7) is 0. The highest BCUT2D eigenvalue weighted by atomic mass is 16.3. The lowest BCUT2D eigenvalue weighted by Gasteiger charge is -2.26. The Bertz CT molecular complexity index is 4270. The molecule has 0 spiro atoms. The minimum Gasteiger partial charge on any atom is -0.456 e. The van der Waals surface area contributed by atoms with E-state index in [1.54, 1.807) is 0 Å². The molecule has 0 bridgehead atoms. The molecule has 0 aliphatic carbocycles. The molecule has 328 valence electrons. The zero-order valence-corrected chi connectivity index (χ0v) is 37.7. The summed E-state index contributed by atoms with van der Waals surface area (Å²) in [5.74, 6) is 0.686. The Labute approximate surface area is 402 Å². The lowest BCUT2D eigenvalue weighted by Crippen LogP contribution is -2.09. The van der Waals surface area contributed by atoms with E-state index in [0.717, 1.165) is 128 Å². The Balaban J connectivity index is 0.908. The fourth-order valence-corrected chi connectivity index (χ4v) is 10.3. The van der Waals surface area contributed by atoms with Crippen LogP contribution < -0.4 is 4.90 Å². The fourth-order valence-electron chi connectivity index (χ4n) is 10.3. The first kappa shape index (κ1) is 39.6. The largest absolute Gasteiger partial charge is 0.456 e. The normalized spacial score (nSPS) is 11.7. The van der Waals surface area contributed by atoms with Gasteiger partial charge < -0.3 is 13.7 Å². The van der Waals surface area contributed by atoms with E-state index in [0.29, 0.717) is 5.82 Å². The quantitative estimate of drug-likeness (QED) is 0.152. The van der Waals surface area contributed by atoms with Crippen molar-refractivity contribution < 1.29 is 8.83 Å². The van der Waals surface area contributed by atoms with Crippen LogP contribution in [0.2, 0.25) is 0 Å². The van der Waals surface area contributed by atoms with Gasteiger partial charge in [-0.15, -0.1) is 0 Å². The molecule has 0 aliphatic rings. The van der Waals surface area contributed by atoms with Gasteiger partial charge in [0.25, 0.3) is 0 Å². The minimum absolute atomic E-state index is 0.686. The Hall–Kier alpha value is -9.52. The Kier molecular flexibility index (Phi) is 9.10. The van der Waals surface area contributed by atoms with Crippen molar-refractivity contribution in [2.75, 3.05) is 4.90 Å². The number of hydrogen-bond acceptors (Lipinski definition) is 5. The first-order valence-corrected chi connectivity index (χ1v) is 23.6. The van der Waals surface area contributed by atoms with E-state index in [4.69, 9.17) is 18.8 Å². The van der Waals surface area contributed by atoms with E-state index < -0.39 is 0 Å². The molecule has 0 atom stereocenters. The van der Waals surface area contributed by atoms with Crippen LogP contribution >= 0.6 is 0 Å². The third-order valence-electron chi connectivity index (χ3n) is 13.6. The molecule has 0 amide bonds. The molecule has 0 aliphatic heterocycles. The Morgan fingerprint density at radius 2 is 0.929 bits per heavy atom. The third-order valence-corrected chi connectivity index (χ3v) is 13.6. The summed E-state index contributed by atoms with van der Waals surface area (Å²) in [4.78, 5) is 13.0. The summed E-state index contributed by atoms with van der Waals surface area (Å²) in [7, 11) is 0. The first-order valence-electron chi connectivity index (χ1n) is 23.6. The van der Waals surface area contributed by atoms with Crippen molar-refractivity contribution in [3.8, 4) is 50.6 Å². The van der Waals surface area contributed by atoms with Crippen LogP contribution in [0.25, 0.3) is 116 Å². The fraction of sp³-hybridized carbons (Fsp3) is 0. The molecular formula is C64H40N4O2. The van der Waals surface area contributed by atoms with Crippen molar-refractivity contribution in [2.24, 2.45) is 0 Å². The molecule has 70 heavy (non-hydrogen) atoms. The standard InChI is InChI=1S/C64H40N4O2/c1-4-15-43(16-5-1)61-60-55-39-45(31-37-56(55)68(46-19-8-3-9-20-46)64(60)66-63(65-61)44-17-6-2-7-18-44)41-27-32-47(33-28-41)67(49-36-38-59-54(40-49)52-22-11-12-25-57(52)69-59)48-34-29-42(30-35-48)50-23-14-24-53-51-21-10-13-26-58(51)70-62(50)53/h1-40H. The Morgan fingerprint density at radius 3 is 1.66 bits per heavy atom. The summed E-state index contributed by atoms with van der Waals surface area (Å²) in [6, 6.07) is 85.0. The number of para-hydroxylation sites is 4. The van der Waals surface area contributed by atoms with E-state index in [1.807, 2.05) is 48.5 Å². The van der Waals surface area contributed by atoms with Gasteiger partial charge in [0.1, 0.15) is 28.0 Å². The first-order chi connectivity index (χ1) is 34.7. The van der Waals surface area contributed by atoms with E-state index in [2.05, 4.69) is 204 Å².